The molecule has 0 bridgehead atoms. The zero-order chi connectivity index (χ0) is 15.1. The number of carboxylic acid groups (broad SMARTS) is 1. The van der Waals surface area contributed by atoms with Crippen molar-refractivity contribution in [3.63, 3.8) is 0 Å². The first-order valence-electron chi connectivity index (χ1n) is 8.41. The maximum absolute atomic E-state index is 12.5. The fourth-order valence-corrected chi connectivity index (χ4v) is 3.56. The number of nitrogens with zero attached hydrogens (tertiary/aromatic N) is 1. The van der Waals surface area contributed by atoms with Crippen LogP contribution in [0, 0.1) is 5.92 Å². The Morgan fingerprint density at radius 3 is 2.38 bits per heavy atom. The fraction of sp³-hybridized carbons (Fsp3) is 0.875. The molecule has 1 saturated heterocycles. The smallest absolute Gasteiger partial charge is 0.317 e. The maximum atomic E-state index is 12.5. The van der Waals surface area contributed by atoms with Gasteiger partial charge in [-0.25, -0.2) is 0 Å². The van der Waals surface area contributed by atoms with Crippen LogP contribution in [0.4, 0.5) is 0 Å². The van der Waals surface area contributed by atoms with Gasteiger partial charge in [-0.15, -0.1) is 0 Å². The number of carbonyl (C=O) groups excluding carboxylic acids is 1. The minimum absolute atomic E-state index is 0.101. The van der Waals surface area contributed by atoms with Crippen LogP contribution in [0.3, 0.4) is 0 Å². The van der Waals surface area contributed by atoms with Crippen LogP contribution in [0.5, 0.6) is 0 Å². The van der Waals surface area contributed by atoms with Gasteiger partial charge >= 0.3 is 5.97 Å². The van der Waals surface area contributed by atoms with Crippen molar-refractivity contribution in [3.8, 4) is 0 Å². The van der Waals surface area contributed by atoms with E-state index in [1.165, 1.54) is 32.1 Å². The van der Waals surface area contributed by atoms with Crippen molar-refractivity contribution in [1.29, 1.82) is 0 Å². The fourth-order valence-electron chi connectivity index (χ4n) is 3.56. The third-order valence-electron chi connectivity index (χ3n) is 4.80. The zero-order valence-electron chi connectivity index (χ0n) is 12.9. The molecule has 0 radical (unpaired) electrons. The highest BCUT2D eigenvalue weighted by atomic mass is 16.4. The van der Waals surface area contributed by atoms with Crippen molar-refractivity contribution >= 4 is 11.9 Å². The normalized spacial score (nSPS) is 21.4. The summed E-state index contributed by atoms with van der Waals surface area (Å²) in [7, 11) is 0. The number of likely N-dealkylation sites (tertiary alicyclic amines) is 1. The van der Waals surface area contributed by atoms with E-state index in [1.807, 2.05) is 4.90 Å². The Kier molecular flexibility index (Phi) is 6.49. The molecule has 1 saturated carbocycles. The topological polar surface area (TPSA) is 69.6 Å². The summed E-state index contributed by atoms with van der Waals surface area (Å²) in [6, 6.07) is -0.318. The highest BCUT2D eigenvalue weighted by Crippen LogP contribution is 2.28. The van der Waals surface area contributed by atoms with Crippen molar-refractivity contribution in [1.82, 2.24) is 10.2 Å². The lowest BCUT2D eigenvalue weighted by atomic mass is 9.85. The number of carboxylic acids is 1. The highest BCUT2D eigenvalue weighted by Gasteiger charge is 2.27. The first kappa shape index (κ1) is 16.3. The van der Waals surface area contributed by atoms with E-state index >= 15 is 0 Å². The van der Waals surface area contributed by atoms with Crippen LogP contribution in [-0.2, 0) is 9.59 Å². The number of carbonyl (C=O) groups is 2. The van der Waals surface area contributed by atoms with E-state index in [0.29, 0.717) is 0 Å². The molecule has 2 N–H and O–H groups in total. The van der Waals surface area contributed by atoms with Crippen LogP contribution in [0.1, 0.15) is 57.8 Å². The van der Waals surface area contributed by atoms with E-state index in [9.17, 15) is 9.59 Å². The molecule has 2 fully saturated rings. The zero-order valence-corrected chi connectivity index (χ0v) is 12.9. The summed E-state index contributed by atoms with van der Waals surface area (Å²) in [6.45, 7) is 1.52. The lowest BCUT2D eigenvalue weighted by Crippen LogP contribution is -2.47. The molecule has 21 heavy (non-hydrogen) atoms. The Bertz CT molecular complexity index is 347. The quantitative estimate of drug-likeness (QED) is 0.754. The molecular formula is C16H28N2O3. The van der Waals surface area contributed by atoms with E-state index < -0.39 is 5.97 Å². The Labute approximate surface area is 127 Å². The minimum Gasteiger partial charge on any atom is -0.480 e. The number of aliphatic carboxylic acids is 1. The van der Waals surface area contributed by atoms with Crippen molar-refractivity contribution in [2.24, 2.45) is 5.92 Å². The number of amides is 1. The summed E-state index contributed by atoms with van der Waals surface area (Å²) < 4.78 is 0. The van der Waals surface area contributed by atoms with Gasteiger partial charge in [0.25, 0.3) is 0 Å². The molecule has 2 aliphatic rings. The van der Waals surface area contributed by atoms with Gasteiger partial charge in [0.15, 0.2) is 0 Å². The Morgan fingerprint density at radius 1 is 1.10 bits per heavy atom. The van der Waals surface area contributed by atoms with E-state index in [4.69, 9.17) is 5.11 Å². The molecule has 0 aromatic rings. The largest absolute Gasteiger partial charge is 0.480 e. The summed E-state index contributed by atoms with van der Waals surface area (Å²) >= 11 is 0. The predicted molar refractivity (Wildman–Crippen MR) is 81.0 cm³/mol. The van der Waals surface area contributed by atoms with Gasteiger partial charge in [0.1, 0.15) is 0 Å². The number of nitrogens with one attached hydrogen (secondary N) is 1. The second kappa shape index (κ2) is 8.37. The van der Waals surface area contributed by atoms with Crippen LogP contribution in [0.15, 0.2) is 0 Å². The molecule has 1 atom stereocenters. The first-order valence-corrected chi connectivity index (χ1v) is 8.41. The van der Waals surface area contributed by atoms with Gasteiger partial charge in [0.2, 0.25) is 5.91 Å². The summed E-state index contributed by atoms with van der Waals surface area (Å²) in [5, 5.41) is 11.8. The molecule has 120 valence electrons. The lowest BCUT2D eigenvalue weighted by Gasteiger charge is -2.27. The lowest BCUT2D eigenvalue weighted by molar-refractivity contribution is -0.137. The van der Waals surface area contributed by atoms with Gasteiger partial charge in [-0.1, -0.05) is 32.1 Å². The van der Waals surface area contributed by atoms with E-state index in [0.717, 1.165) is 44.7 Å². The maximum Gasteiger partial charge on any atom is 0.317 e. The molecular weight excluding hydrogens is 268 g/mol. The minimum atomic E-state index is -0.896. The van der Waals surface area contributed by atoms with Gasteiger partial charge in [0, 0.05) is 13.1 Å². The van der Waals surface area contributed by atoms with Gasteiger partial charge < -0.3 is 10.0 Å². The standard InChI is InChI=1S/C16H28N2O3/c19-15(20)12-17-14(16(21)18-10-4-5-11-18)9-8-13-6-2-1-3-7-13/h13-14,17H,1-12H2,(H,19,20). The molecule has 1 unspecified atom stereocenters. The molecule has 5 nitrogen and oxygen atoms in total. The summed E-state index contributed by atoms with van der Waals surface area (Å²) in [5.74, 6) is -0.0734. The Morgan fingerprint density at radius 2 is 1.76 bits per heavy atom. The SMILES string of the molecule is O=C(O)CNC(CCC1CCCCC1)C(=O)N1CCCC1. The molecule has 0 spiro atoms. The van der Waals surface area contributed by atoms with E-state index in [-0.39, 0.29) is 18.5 Å². The van der Waals surface area contributed by atoms with Gasteiger partial charge in [0.05, 0.1) is 12.6 Å². The van der Waals surface area contributed by atoms with Gasteiger partial charge in [-0.2, -0.15) is 0 Å². The third kappa shape index (κ3) is 5.30. The summed E-state index contributed by atoms with van der Waals surface area (Å²) in [5.41, 5.74) is 0. The van der Waals surface area contributed by atoms with Crippen molar-refractivity contribution in [3.05, 3.63) is 0 Å². The molecule has 1 aliphatic carbocycles. The molecule has 1 aliphatic heterocycles. The molecule has 5 heteroatoms. The second-order valence-electron chi connectivity index (χ2n) is 6.44. The number of hydrogen-bond donors (Lipinski definition) is 2. The van der Waals surface area contributed by atoms with Crippen molar-refractivity contribution < 1.29 is 14.7 Å². The summed E-state index contributed by atoms with van der Waals surface area (Å²) in [4.78, 5) is 25.2. The van der Waals surface area contributed by atoms with Gasteiger partial charge in [-0.05, 0) is 31.6 Å². The average Bonchev–Trinajstić information content (AvgIpc) is 3.02. The van der Waals surface area contributed by atoms with Gasteiger partial charge in [-0.3, -0.25) is 14.9 Å². The molecule has 2 rings (SSSR count). The summed E-state index contributed by atoms with van der Waals surface area (Å²) in [6.07, 6.45) is 10.4. The first-order chi connectivity index (χ1) is 10.2. The van der Waals surface area contributed by atoms with E-state index in [2.05, 4.69) is 5.32 Å². The second-order valence-corrected chi connectivity index (χ2v) is 6.44. The molecule has 0 aromatic heterocycles. The average molecular weight is 296 g/mol. The Hall–Kier alpha value is -1.10. The monoisotopic (exact) mass is 296 g/mol. The van der Waals surface area contributed by atoms with Crippen LogP contribution in [0.2, 0.25) is 0 Å². The van der Waals surface area contributed by atoms with Crippen LogP contribution in [-0.4, -0.2) is 47.6 Å². The molecule has 1 heterocycles. The highest BCUT2D eigenvalue weighted by molar-refractivity contribution is 5.82. The predicted octanol–water partition coefficient (Wildman–Crippen LogP) is 2.01. The Balaban J connectivity index is 1.84. The molecule has 1 amide bonds. The van der Waals surface area contributed by atoms with Crippen LogP contribution >= 0.6 is 0 Å². The van der Waals surface area contributed by atoms with Crippen LogP contribution in [0.25, 0.3) is 0 Å². The third-order valence-corrected chi connectivity index (χ3v) is 4.80. The van der Waals surface area contributed by atoms with E-state index in [1.54, 1.807) is 0 Å². The number of hydrogen-bond acceptors (Lipinski definition) is 3. The van der Waals surface area contributed by atoms with Crippen LogP contribution < -0.4 is 5.32 Å². The molecule has 0 aromatic carbocycles. The van der Waals surface area contributed by atoms with Crippen molar-refractivity contribution in [2.75, 3.05) is 19.6 Å². The number of rotatable bonds is 7. The van der Waals surface area contributed by atoms with Crippen molar-refractivity contribution in [2.45, 2.75) is 63.8 Å².